The maximum atomic E-state index is 5.76. The van der Waals surface area contributed by atoms with Gasteiger partial charge in [0.15, 0.2) is 0 Å². The first kappa shape index (κ1) is 78.6. The summed E-state index contributed by atoms with van der Waals surface area (Å²) in [5.74, 6) is 0. The summed E-state index contributed by atoms with van der Waals surface area (Å²) in [5, 5.41) is 13.5. The molecule has 12 aromatic rings. The molecule has 0 unspecified atom stereocenters. The maximum absolute atomic E-state index is 5.76. The van der Waals surface area contributed by atoms with Crippen LogP contribution in [-0.4, -0.2) is 9.13 Å². The Balaban J connectivity index is 0.000000170. The van der Waals surface area contributed by atoms with Gasteiger partial charge in [0.1, 0.15) is 0 Å². The Bertz CT molecular complexity index is 5700. The zero-order chi connectivity index (χ0) is 64.8. The SMILES string of the molecule is Brc1ccc2c(c1)c1ccccc1n2-c1ccccc1.Nc1cccc2ccccc12.S=S.S=S=S=S=S=S=S=S=S=S=S=S=S=S.S=S=S=S=S=S=S=S=S=S=S=S=S=S=S.c1ccc(-n2c3ccccc3c3cc(Nc4cccc5ccccc45)ccc32)cc1. The number of anilines is 3. The lowest BCUT2D eigenvalue weighted by Gasteiger charge is -2.11. The van der Waals surface area contributed by atoms with Gasteiger partial charge in [0.25, 0.3) is 0 Å². The van der Waals surface area contributed by atoms with Crippen molar-refractivity contribution in [2.24, 2.45) is 0 Å². The Hall–Kier alpha value is -0.780. The summed E-state index contributed by atoms with van der Waals surface area (Å²) in [6, 6.07) is 80.3. The van der Waals surface area contributed by atoms with Gasteiger partial charge in [0.2, 0.25) is 0 Å². The first-order valence-corrected chi connectivity index (χ1v) is 63.2. The van der Waals surface area contributed by atoms with Gasteiger partial charge in [0, 0.05) is 354 Å². The van der Waals surface area contributed by atoms with Crippen LogP contribution in [0.4, 0.5) is 17.1 Å². The molecule has 0 aliphatic carbocycles. The van der Waals surface area contributed by atoms with Gasteiger partial charge in [-0.1, -0.05) is 162 Å². The third-order valence-electron chi connectivity index (χ3n) is 11.9. The van der Waals surface area contributed by atoms with Crippen LogP contribution in [-0.2, 0) is 289 Å². The van der Waals surface area contributed by atoms with E-state index in [0.29, 0.717) is 0 Å². The number of hydrogen-bond donors (Lipinski definition) is 2. The molecule has 4 nitrogen and oxygen atoms in total. The maximum Gasteiger partial charge on any atom is 0.0542 e. The second-order valence-corrected chi connectivity index (χ2v) is 61.8. The third-order valence-corrected chi connectivity index (χ3v) is 63.5. The van der Waals surface area contributed by atoms with Crippen molar-refractivity contribution in [3.8, 4) is 11.4 Å². The Morgan fingerprint density at radius 3 is 1.05 bits per heavy atom. The average Bonchev–Trinajstić information content (AvgIpc) is 1.62. The fourth-order valence-corrected chi connectivity index (χ4v) is 66.7. The summed E-state index contributed by atoms with van der Waals surface area (Å²) in [4.78, 5) is 0. The van der Waals surface area contributed by atoms with Crippen molar-refractivity contribution in [2.75, 3.05) is 11.1 Å². The first-order valence-electron chi connectivity index (χ1n) is 25.1. The molecule has 0 aliphatic heterocycles. The summed E-state index contributed by atoms with van der Waals surface area (Å²) in [7, 11) is 41.6. The molecule has 0 spiro atoms. The molecule has 0 amide bonds. The monoisotopic (exact) mass is 1840 g/mol. The summed E-state index contributed by atoms with van der Waals surface area (Å²) in [6.07, 6.45) is 0. The number of benzene rings is 10. The standard InChI is InChI=1S/C28H20N2.C18H12BrN.C10H9N.S15.S14.S2/c1-2-11-22(12-3-1)30-27-16-7-6-14-24(27)25-19-21(17-18-28(25)30)29-26-15-8-10-20-9-4-5-13-23(20)26;19-13-10-11-18-16(12-13)15-8-4-5-9-17(15)20(18)14-6-2-1-3-7-14;11-10-7-3-5-8-4-1-2-6-9(8)10;1-3-5-7-9-11-13-15-14-12-10-8-6-4-2;1-3-5-7-9-11-13-14-12-10-8-6-4-2;1-2/h1-19,29H;1-12H;1-7H,11H2;;;. The summed E-state index contributed by atoms with van der Waals surface area (Å²) in [6.45, 7) is 0. The fourth-order valence-electron chi connectivity index (χ4n) is 8.68. The van der Waals surface area contributed by atoms with Crippen LogP contribution < -0.4 is 11.1 Å². The minimum absolute atomic E-state index is 0.850. The molecule has 12 rings (SSSR count). The molecule has 0 radical (unpaired) electrons. The number of nitrogen functional groups attached to an aromatic ring is 1. The van der Waals surface area contributed by atoms with E-state index in [9.17, 15) is 0 Å². The van der Waals surface area contributed by atoms with E-state index in [0.717, 1.165) is 26.9 Å². The van der Waals surface area contributed by atoms with Crippen molar-refractivity contribution >= 4 is 387 Å². The molecule has 0 aliphatic rings. The predicted octanol–water partition coefficient (Wildman–Crippen LogP) is 15.6. The number of nitrogens with zero attached hydrogens (tertiary/aromatic N) is 2. The smallest absolute Gasteiger partial charge is 0.0542 e. The van der Waals surface area contributed by atoms with E-state index in [1.165, 1.54) is 107 Å². The number of para-hydroxylation sites is 4. The molecule has 10 aromatic carbocycles. The Labute approximate surface area is 642 Å². The van der Waals surface area contributed by atoms with Gasteiger partial charge < -0.3 is 20.2 Å². The molecule has 3 N–H and O–H groups in total. The lowest BCUT2D eigenvalue weighted by Crippen LogP contribution is -1.94. The number of nitrogens with two attached hydrogens (primary N) is 1. The van der Waals surface area contributed by atoms with E-state index >= 15 is 0 Å². The van der Waals surface area contributed by atoms with Crippen LogP contribution in [0.15, 0.2) is 235 Å². The van der Waals surface area contributed by atoms with Crippen molar-refractivity contribution in [2.45, 2.75) is 0 Å². The molecule has 0 saturated heterocycles. The van der Waals surface area contributed by atoms with Crippen LogP contribution in [0.5, 0.6) is 0 Å². The van der Waals surface area contributed by atoms with Gasteiger partial charge in [-0.15, -0.1) is 0 Å². The molecule has 0 bridgehead atoms. The Morgan fingerprint density at radius 1 is 0.293 bits per heavy atom. The highest BCUT2D eigenvalue weighted by molar-refractivity contribution is 9.10. The normalized spacial score (nSPS) is 9.66. The van der Waals surface area contributed by atoms with Crippen LogP contribution in [0, 0.1) is 0 Å². The topological polar surface area (TPSA) is 47.9 Å². The van der Waals surface area contributed by atoms with Crippen LogP contribution in [0.3, 0.4) is 0 Å². The van der Waals surface area contributed by atoms with Crippen molar-refractivity contribution in [1.82, 2.24) is 9.13 Å². The number of nitrogens with one attached hydrogen (secondary N) is 1. The van der Waals surface area contributed by atoms with E-state index in [1.807, 2.05) is 36.4 Å². The number of fused-ring (bicyclic) bond motifs is 8. The molecular formula is C56H41BrN4S31. The number of hydrogen-bond acceptors (Lipinski definition) is 8. The summed E-state index contributed by atoms with van der Waals surface area (Å²) >= 11 is 29.8. The fraction of sp³-hybridized carbons (Fsp3) is 0. The van der Waals surface area contributed by atoms with Gasteiger partial charge in [-0.3, -0.25) is 0 Å². The van der Waals surface area contributed by atoms with Crippen LogP contribution in [0.1, 0.15) is 0 Å². The molecule has 2 aromatic heterocycles. The highest BCUT2D eigenvalue weighted by Crippen LogP contribution is 2.36. The molecule has 478 valence electrons. The average molecular weight is 1840 g/mol. The predicted molar refractivity (Wildman–Crippen MR) is 493 cm³/mol. The number of halogens is 1. The van der Waals surface area contributed by atoms with E-state index in [-0.39, 0.29) is 0 Å². The van der Waals surface area contributed by atoms with Crippen molar-refractivity contribution in [1.29, 1.82) is 0 Å². The van der Waals surface area contributed by atoms with Crippen molar-refractivity contribution in [3.05, 3.63) is 235 Å². The lowest BCUT2D eigenvalue weighted by molar-refractivity contribution is 1.18. The third kappa shape index (κ3) is 25.7. The van der Waals surface area contributed by atoms with Gasteiger partial charge >= 0.3 is 0 Å². The second-order valence-electron chi connectivity index (χ2n) is 16.7. The van der Waals surface area contributed by atoms with Gasteiger partial charge in [-0.25, -0.2) is 0 Å². The van der Waals surface area contributed by atoms with E-state index in [1.54, 1.807) is 186 Å². The highest BCUT2D eigenvalue weighted by atomic mass is 79.9. The lowest BCUT2D eigenvalue weighted by atomic mass is 10.1. The molecule has 0 saturated carbocycles. The Kier molecular flexibility index (Phi) is 40.4. The Morgan fingerprint density at radius 2 is 0.620 bits per heavy atom. The van der Waals surface area contributed by atoms with Gasteiger partial charge in [-0.2, -0.15) is 0 Å². The van der Waals surface area contributed by atoms with Crippen molar-refractivity contribution in [3.63, 3.8) is 0 Å². The van der Waals surface area contributed by atoms with Crippen LogP contribution in [0.25, 0.3) is 76.5 Å². The van der Waals surface area contributed by atoms with Crippen LogP contribution in [0.2, 0.25) is 0 Å². The highest BCUT2D eigenvalue weighted by Gasteiger charge is 2.14. The first-order chi connectivity index (χ1) is 45.4. The number of aromatic nitrogens is 2. The molecule has 36 heteroatoms. The quantitative estimate of drug-likeness (QED) is 0.169. The zero-order valence-electron chi connectivity index (χ0n) is 45.9. The summed E-state index contributed by atoms with van der Waals surface area (Å²) < 4.78 is 5.77. The van der Waals surface area contributed by atoms with E-state index in [2.05, 4.69) is 247 Å². The zero-order valence-corrected chi connectivity index (χ0v) is 72.8. The van der Waals surface area contributed by atoms with Crippen molar-refractivity contribution < 1.29 is 0 Å². The molecular weight excluding hydrogens is 1800 g/mol. The largest absolute Gasteiger partial charge is 0.398 e. The van der Waals surface area contributed by atoms with Gasteiger partial charge in [-0.05, 0) is 95.7 Å². The minimum atomic E-state index is 0.850. The summed E-state index contributed by atoms with van der Waals surface area (Å²) in [5.41, 5.74) is 16.1. The number of rotatable bonds is 4. The van der Waals surface area contributed by atoms with E-state index < -0.39 is 0 Å². The molecule has 0 fully saturated rings. The molecule has 0 atom stereocenters. The molecule has 92 heavy (non-hydrogen) atoms. The van der Waals surface area contributed by atoms with Crippen LogP contribution >= 0.6 is 15.9 Å². The second kappa shape index (κ2) is 47.3. The van der Waals surface area contributed by atoms with Gasteiger partial charge in [0.05, 0.1) is 22.1 Å². The molecule has 2 heterocycles. The van der Waals surface area contributed by atoms with E-state index in [4.69, 9.17) is 50.5 Å². The minimum Gasteiger partial charge on any atom is -0.398 e.